The normalized spacial score (nSPS) is 26.7. The summed E-state index contributed by atoms with van der Waals surface area (Å²) in [7, 11) is -3.80. The van der Waals surface area contributed by atoms with E-state index < -0.39 is 21.8 Å². The van der Waals surface area contributed by atoms with Gasteiger partial charge in [0.25, 0.3) is 0 Å². The van der Waals surface area contributed by atoms with Crippen LogP contribution in [0.15, 0.2) is 20.0 Å². The minimum absolute atomic E-state index is 0.0929. The third-order valence-corrected chi connectivity index (χ3v) is 6.45. The van der Waals surface area contributed by atoms with Gasteiger partial charge in [0.2, 0.25) is 15.8 Å². The van der Waals surface area contributed by atoms with E-state index in [9.17, 15) is 13.2 Å². The standard InChI is InChI=1S/C13H18BrNO5S/c1-7-3-4-9(5-8(7)2)15-21(18,19)11-6-10(13(16)17)20-12(11)14/h6-9,15H,3-5H2,1-2H3,(H,16,17). The highest BCUT2D eigenvalue weighted by Gasteiger charge is 2.31. The Hall–Kier alpha value is -0.860. The van der Waals surface area contributed by atoms with Crippen molar-refractivity contribution in [2.24, 2.45) is 11.8 Å². The Morgan fingerprint density at radius 3 is 2.57 bits per heavy atom. The third kappa shape index (κ3) is 3.67. The zero-order valence-electron chi connectivity index (χ0n) is 11.8. The zero-order chi connectivity index (χ0) is 15.8. The number of hydrogen-bond acceptors (Lipinski definition) is 4. The number of nitrogens with one attached hydrogen (secondary N) is 1. The number of hydrogen-bond donors (Lipinski definition) is 2. The Balaban J connectivity index is 2.17. The first kappa shape index (κ1) is 16.5. The summed E-state index contributed by atoms with van der Waals surface area (Å²) in [6.45, 7) is 4.28. The molecule has 0 spiro atoms. The molecule has 1 aromatic rings. The lowest BCUT2D eigenvalue weighted by molar-refractivity contribution is 0.0661. The minimum atomic E-state index is -3.80. The maximum absolute atomic E-state index is 12.4. The smallest absolute Gasteiger partial charge is 0.371 e. The molecule has 1 aliphatic carbocycles. The second-order valence-electron chi connectivity index (χ2n) is 5.64. The van der Waals surface area contributed by atoms with Crippen molar-refractivity contribution < 1.29 is 22.7 Å². The van der Waals surface area contributed by atoms with Crippen molar-refractivity contribution in [2.75, 3.05) is 0 Å². The van der Waals surface area contributed by atoms with Crippen LogP contribution in [0.25, 0.3) is 0 Å². The molecule has 3 unspecified atom stereocenters. The molecule has 1 aliphatic rings. The van der Waals surface area contributed by atoms with Crippen molar-refractivity contribution in [1.29, 1.82) is 0 Å². The Morgan fingerprint density at radius 1 is 1.38 bits per heavy atom. The van der Waals surface area contributed by atoms with Gasteiger partial charge in [-0.05, 0) is 47.0 Å². The lowest BCUT2D eigenvalue weighted by Crippen LogP contribution is -2.39. The second-order valence-corrected chi connectivity index (χ2v) is 8.04. The fourth-order valence-corrected chi connectivity index (χ4v) is 4.80. The predicted molar refractivity (Wildman–Crippen MR) is 79.7 cm³/mol. The van der Waals surface area contributed by atoms with E-state index in [4.69, 9.17) is 9.52 Å². The van der Waals surface area contributed by atoms with E-state index in [0.717, 1.165) is 25.3 Å². The Kier molecular flexibility index (Phi) is 4.79. The van der Waals surface area contributed by atoms with E-state index in [1.807, 2.05) is 0 Å². The van der Waals surface area contributed by atoms with Gasteiger partial charge in [-0.25, -0.2) is 17.9 Å². The molecule has 0 aliphatic heterocycles. The Bertz CT molecular complexity index is 639. The number of carbonyl (C=O) groups is 1. The maximum atomic E-state index is 12.4. The largest absolute Gasteiger partial charge is 0.475 e. The molecule has 8 heteroatoms. The van der Waals surface area contributed by atoms with Crippen molar-refractivity contribution in [1.82, 2.24) is 4.72 Å². The fraction of sp³-hybridized carbons (Fsp3) is 0.615. The lowest BCUT2D eigenvalue weighted by atomic mass is 9.79. The number of rotatable bonds is 4. The number of aromatic carboxylic acids is 1. The summed E-state index contributed by atoms with van der Waals surface area (Å²) in [5.74, 6) is -0.677. The molecular formula is C13H18BrNO5S. The van der Waals surface area contributed by atoms with E-state index >= 15 is 0 Å². The van der Waals surface area contributed by atoms with E-state index in [2.05, 4.69) is 34.5 Å². The van der Waals surface area contributed by atoms with E-state index in [0.29, 0.717) is 11.8 Å². The Morgan fingerprint density at radius 2 is 2.05 bits per heavy atom. The van der Waals surface area contributed by atoms with Crippen molar-refractivity contribution in [3.05, 3.63) is 16.5 Å². The average Bonchev–Trinajstić information content (AvgIpc) is 2.77. The first-order valence-corrected chi connectivity index (χ1v) is 9.03. The van der Waals surface area contributed by atoms with Gasteiger partial charge in [-0.2, -0.15) is 0 Å². The highest BCUT2D eigenvalue weighted by molar-refractivity contribution is 9.10. The van der Waals surface area contributed by atoms with Crippen molar-refractivity contribution in [2.45, 2.75) is 44.0 Å². The van der Waals surface area contributed by atoms with Crippen LogP contribution in [0.5, 0.6) is 0 Å². The molecule has 1 heterocycles. The molecule has 0 aromatic carbocycles. The van der Waals surface area contributed by atoms with Gasteiger partial charge in [-0.3, -0.25) is 0 Å². The summed E-state index contributed by atoms with van der Waals surface area (Å²) < 4.78 is 32.1. The molecule has 118 valence electrons. The molecule has 2 N–H and O–H groups in total. The molecule has 1 aromatic heterocycles. The van der Waals surface area contributed by atoms with Gasteiger partial charge < -0.3 is 9.52 Å². The number of halogens is 1. The number of furan rings is 1. The minimum Gasteiger partial charge on any atom is -0.475 e. The molecule has 0 saturated heterocycles. The van der Waals surface area contributed by atoms with Crippen LogP contribution >= 0.6 is 15.9 Å². The summed E-state index contributed by atoms with van der Waals surface area (Å²) in [5.41, 5.74) is 0. The second kappa shape index (κ2) is 6.10. The number of sulfonamides is 1. The van der Waals surface area contributed by atoms with Crippen molar-refractivity contribution in [3.63, 3.8) is 0 Å². The number of carboxylic acid groups (broad SMARTS) is 1. The van der Waals surface area contributed by atoms with E-state index in [-0.39, 0.29) is 15.6 Å². The first-order valence-electron chi connectivity index (χ1n) is 6.75. The van der Waals surface area contributed by atoms with Crippen molar-refractivity contribution >= 4 is 31.9 Å². The first-order chi connectivity index (χ1) is 9.70. The van der Waals surface area contributed by atoms with Gasteiger partial charge in [0.1, 0.15) is 4.90 Å². The summed E-state index contributed by atoms with van der Waals surface area (Å²) >= 11 is 2.96. The van der Waals surface area contributed by atoms with Gasteiger partial charge in [-0.15, -0.1) is 0 Å². The van der Waals surface area contributed by atoms with E-state index in [1.54, 1.807) is 0 Å². The molecule has 0 amide bonds. The van der Waals surface area contributed by atoms with Gasteiger partial charge in [-0.1, -0.05) is 13.8 Å². The molecule has 3 atom stereocenters. The van der Waals surface area contributed by atoms with Gasteiger partial charge in [0, 0.05) is 12.1 Å². The highest BCUT2D eigenvalue weighted by Crippen LogP contribution is 2.31. The van der Waals surface area contributed by atoms with Crippen LogP contribution in [0.2, 0.25) is 0 Å². The molecule has 6 nitrogen and oxygen atoms in total. The maximum Gasteiger partial charge on any atom is 0.371 e. The van der Waals surface area contributed by atoms with Crippen molar-refractivity contribution in [3.8, 4) is 0 Å². The van der Waals surface area contributed by atoms with Crippen LogP contribution < -0.4 is 4.72 Å². The van der Waals surface area contributed by atoms with Crippen LogP contribution in [0.3, 0.4) is 0 Å². The van der Waals surface area contributed by atoms with Gasteiger partial charge in [0.15, 0.2) is 4.67 Å². The fourth-order valence-electron chi connectivity index (χ4n) is 2.58. The summed E-state index contributed by atoms with van der Waals surface area (Å²) in [6, 6.07) is 0.889. The molecule has 0 radical (unpaired) electrons. The zero-order valence-corrected chi connectivity index (χ0v) is 14.2. The molecule has 2 rings (SSSR count). The highest BCUT2D eigenvalue weighted by atomic mass is 79.9. The third-order valence-electron chi connectivity index (χ3n) is 4.08. The van der Waals surface area contributed by atoms with Gasteiger partial charge in [0.05, 0.1) is 0 Å². The molecule has 1 saturated carbocycles. The van der Waals surface area contributed by atoms with Crippen LogP contribution in [0.4, 0.5) is 0 Å². The summed E-state index contributed by atoms with van der Waals surface area (Å²) in [6.07, 6.45) is 2.54. The molecule has 21 heavy (non-hydrogen) atoms. The van der Waals surface area contributed by atoms with Crippen LogP contribution in [-0.2, 0) is 10.0 Å². The molecular weight excluding hydrogens is 362 g/mol. The van der Waals surface area contributed by atoms with Crippen LogP contribution in [0, 0.1) is 11.8 Å². The van der Waals surface area contributed by atoms with Crippen LogP contribution in [0.1, 0.15) is 43.7 Å². The summed E-state index contributed by atoms with van der Waals surface area (Å²) in [4.78, 5) is 10.7. The van der Waals surface area contributed by atoms with E-state index in [1.165, 1.54) is 0 Å². The number of carboxylic acids is 1. The summed E-state index contributed by atoms with van der Waals surface area (Å²) in [5, 5.41) is 8.84. The molecule has 0 bridgehead atoms. The topological polar surface area (TPSA) is 96.6 Å². The molecule has 1 fully saturated rings. The van der Waals surface area contributed by atoms with Gasteiger partial charge >= 0.3 is 5.97 Å². The van der Waals surface area contributed by atoms with Crippen LogP contribution in [-0.4, -0.2) is 25.5 Å². The Labute approximate surface area is 132 Å². The SMILES string of the molecule is CC1CCC(NS(=O)(=O)c2cc(C(=O)O)oc2Br)CC1C. The monoisotopic (exact) mass is 379 g/mol. The average molecular weight is 380 g/mol. The predicted octanol–water partition coefficient (Wildman–Crippen LogP) is 2.84. The quantitative estimate of drug-likeness (QED) is 0.837. The lowest BCUT2D eigenvalue weighted by Gasteiger charge is -2.32.